The fourth-order valence-electron chi connectivity index (χ4n) is 3.73. The molecule has 0 radical (unpaired) electrons. The maximum atomic E-state index is 12.6. The van der Waals surface area contributed by atoms with Crippen molar-refractivity contribution in [3.05, 3.63) is 94.4 Å². The number of carbonyl (C=O) groups is 1. The minimum atomic E-state index is -0.231. The zero-order valence-electron chi connectivity index (χ0n) is 16.9. The quantitative estimate of drug-likeness (QED) is 0.405. The van der Waals surface area contributed by atoms with Gasteiger partial charge in [-0.2, -0.15) is 0 Å². The lowest BCUT2D eigenvalue weighted by atomic mass is 9.92. The second-order valence-electron chi connectivity index (χ2n) is 7.35. The van der Waals surface area contributed by atoms with Crippen LogP contribution in [0.3, 0.4) is 0 Å². The molecule has 0 saturated heterocycles. The Morgan fingerprint density at radius 1 is 1.17 bits per heavy atom. The Bertz CT molecular complexity index is 1190. The van der Waals surface area contributed by atoms with E-state index >= 15 is 0 Å². The number of nitrogens with zero attached hydrogens (tertiary/aromatic N) is 2. The van der Waals surface area contributed by atoms with Gasteiger partial charge in [-0.05, 0) is 53.9 Å². The topological polar surface area (TPSA) is 59.0 Å². The Balaban J connectivity index is 1.58. The van der Waals surface area contributed by atoms with Gasteiger partial charge in [0.2, 0.25) is 0 Å². The van der Waals surface area contributed by atoms with E-state index in [1.54, 1.807) is 6.20 Å². The van der Waals surface area contributed by atoms with Crippen molar-refractivity contribution in [2.24, 2.45) is 7.05 Å². The van der Waals surface area contributed by atoms with Crippen molar-refractivity contribution in [2.45, 2.75) is 12.8 Å². The standard InChI is InChI=1S/C24H23BrN4O/c1-16-12-18(9-10-22(16)25)28-24(30)27-14-20(17-6-5-11-26-13-17)21-15-29(2)23-8-4-3-7-19(21)23/h3-13,15,20H,14H2,1-2H3,(H2,27,28,30)/t20-/m0/s1. The van der Waals surface area contributed by atoms with Crippen LogP contribution in [0.15, 0.2) is 77.7 Å². The summed E-state index contributed by atoms with van der Waals surface area (Å²) < 4.78 is 3.14. The highest BCUT2D eigenvalue weighted by Gasteiger charge is 2.20. The molecule has 2 amide bonds. The SMILES string of the molecule is Cc1cc(NC(=O)NC[C@@H](c2cccnc2)c2cn(C)c3ccccc23)ccc1Br. The number of anilines is 1. The molecular weight excluding hydrogens is 440 g/mol. The van der Waals surface area contributed by atoms with Gasteiger partial charge in [0.05, 0.1) is 0 Å². The van der Waals surface area contributed by atoms with Gasteiger partial charge in [0.1, 0.15) is 0 Å². The van der Waals surface area contributed by atoms with Crippen molar-refractivity contribution >= 4 is 38.6 Å². The molecule has 4 rings (SSSR count). The molecule has 0 aliphatic heterocycles. The van der Waals surface area contributed by atoms with Crippen LogP contribution in [0.25, 0.3) is 10.9 Å². The van der Waals surface area contributed by atoms with Crippen LogP contribution in [0.5, 0.6) is 0 Å². The molecular formula is C24H23BrN4O. The summed E-state index contributed by atoms with van der Waals surface area (Å²) in [5.41, 5.74) is 5.22. The van der Waals surface area contributed by atoms with Gasteiger partial charge in [-0.1, -0.05) is 40.2 Å². The van der Waals surface area contributed by atoms with E-state index in [9.17, 15) is 4.79 Å². The van der Waals surface area contributed by atoms with E-state index in [2.05, 4.69) is 60.5 Å². The number of aromatic nitrogens is 2. The van der Waals surface area contributed by atoms with Crippen LogP contribution in [0.1, 0.15) is 22.6 Å². The van der Waals surface area contributed by atoms with Gasteiger partial charge < -0.3 is 15.2 Å². The molecule has 2 heterocycles. The molecule has 0 unspecified atom stereocenters. The van der Waals surface area contributed by atoms with Gasteiger partial charge in [0, 0.05) is 59.2 Å². The Morgan fingerprint density at radius 2 is 2.00 bits per heavy atom. The molecule has 1 atom stereocenters. The Morgan fingerprint density at radius 3 is 2.77 bits per heavy atom. The molecule has 2 N–H and O–H groups in total. The van der Waals surface area contributed by atoms with Crippen LogP contribution in [-0.4, -0.2) is 22.1 Å². The van der Waals surface area contributed by atoms with Crippen LogP contribution in [0, 0.1) is 6.92 Å². The minimum absolute atomic E-state index is 0.0118. The van der Waals surface area contributed by atoms with E-state index in [1.807, 2.05) is 56.6 Å². The number of rotatable bonds is 5. The van der Waals surface area contributed by atoms with Crippen LogP contribution in [-0.2, 0) is 7.05 Å². The number of benzene rings is 2. The summed E-state index contributed by atoms with van der Waals surface area (Å²) in [6.07, 6.45) is 5.77. The zero-order valence-corrected chi connectivity index (χ0v) is 18.5. The van der Waals surface area contributed by atoms with Gasteiger partial charge in [0.15, 0.2) is 0 Å². The van der Waals surface area contributed by atoms with Gasteiger partial charge in [-0.25, -0.2) is 4.79 Å². The molecule has 0 saturated carbocycles. The number of amides is 2. The highest BCUT2D eigenvalue weighted by molar-refractivity contribution is 9.10. The Kier molecular flexibility index (Phi) is 5.86. The number of fused-ring (bicyclic) bond motifs is 1. The number of nitrogens with one attached hydrogen (secondary N) is 2. The summed E-state index contributed by atoms with van der Waals surface area (Å²) in [6.45, 7) is 2.45. The first kappa shape index (κ1) is 20.2. The number of para-hydroxylation sites is 1. The van der Waals surface area contributed by atoms with Crippen LogP contribution >= 0.6 is 15.9 Å². The first-order valence-corrected chi connectivity index (χ1v) is 10.6. The van der Waals surface area contributed by atoms with Crippen LogP contribution < -0.4 is 10.6 Å². The second kappa shape index (κ2) is 8.71. The third-order valence-corrected chi connectivity index (χ3v) is 6.16. The van der Waals surface area contributed by atoms with E-state index in [0.29, 0.717) is 6.54 Å². The van der Waals surface area contributed by atoms with E-state index in [1.165, 1.54) is 10.9 Å². The first-order valence-electron chi connectivity index (χ1n) is 9.78. The van der Waals surface area contributed by atoms with Crippen molar-refractivity contribution < 1.29 is 4.79 Å². The largest absolute Gasteiger partial charge is 0.350 e. The molecule has 2 aromatic carbocycles. The fraction of sp³-hybridized carbons (Fsp3) is 0.167. The Labute approximate surface area is 184 Å². The van der Waals surface area contributed by atoms with E-state index in [-0.39, 0.29) is 11.9 Å². The molecule has 30 heavy (non-hydrogen) atoms. The summed E-state index contributed by atoms with van der Waals surface area (Å²) in [7, 11) is 2.04. The highest BCUT2D eigenvalue weighted by Crippen LogP contribution is 2.31. The van der Waals surface area contributed by atoms with Crippen molar-refractivity contribution in [1.29, 1.82) is 0 Å². The number of hydrogen-bond acceptors (Lipinski definition) is 2. The van der Waals surface area contributed by atoms with Gasteiger partial charge in [-0.3, -0.25) is 4.98 Å². The third-order valence-electron chi connectivity index (χ3n) is 5.27. The monoisotopic (exact) mass is 462 g/mol. The number of urea groups is 1. The molecule has 0 aliphatic rings. The molecule has 152 valence electrons. The number of aryl methyl sites for hydroxylation is 2. The first-order chi connectivity index (χ1) is 14.5. The van der Waals surface area contributed by atoms with Crippen LogP contribution in [0.4, 0.5) is 10.5 Å². The minimum Gasteiger partial charge on any atom is -0.350 e. The average Bonchev–Trinajstić information content (AvgIpc) is 3.08. The second-order valence-corrected chi connectivity index (χ2v) is 8.20. The molecule has 4 aromatic rings. The fourth-order valence-corrected chi connectivity index (χ4v) is 3.98. The van der Waals surface area contributed by atoms with Crippen molar-refractivity contribution in [3.63, 3.8) is 0 Å². The summed E-state index contributed by atoms with van der Waals surface area (Å²) in [5, 5.41) is 7.14. The molecule has 2 aromatic heterocycles. The summed E-state index contributed by atoms with van der Waals surface area (Å²) >= 11 is 3.48. The lowest BCUT2D eigenvalue weighted by Gasteiger charge is -2.18. The Hall–Kier alpha value is -3.12. The molecule has 6 heteroatoms. The number of pyridine rings is 1. The normalized spacial score (nSPS) is 12.0. The summed E-state index contributed by atoms with van der Waals surface area (Å²) in [4.78, 5) is 16.9. The molecule has 0 bridgehead atoms. The predicted molar refractivity (Wildman–Crippen MR) is 125 cm³/mol. The number of halogens is 1. The zero-order chi connectivity index (χ0) is 21.1. The maximum absolute atomic E-state index is 12.6. The summed E-state index contributed by atoms with van der Waals surface area (Å²) in [5.74, 6) is -0.0118. The number of hydrogen-bond donors (Lipinski definition) is 2. The molecule has 0 aliphatic carbocycles. The van der Waals surface area contributed by atoms with E-state index < -0.39 is 0 Å². The lowest BCUT2D eigenvalue weighted by molar-refractivity contribution is 0.252. The average molecular weight is 463 g/mol. The van der Waals surface area contributed by atoms with Gasteiger partial charge >= 0.3 is 6.03 Å². The van der Waals surface area contributed by atoms with Gasteiger partial charge in [-0.15, -0.1) is 0 Å². The predicted octanol–water partition coefficient (Wildman–Crippen LogP) is 5.60. The van der Waals surface area contributed by atoms with Crippen molar-refractivity contribution in [1.82, 2.24) is 14.9 Å². The van der Waals surface area contributed by atoms with E-state index in [4.69, 9.17) is 0 Å². The molecule has 0 fully saturated rings. The van der Waals surface area contributed by atoms with Crippen molar-refractivity contribution in [3.8, 4) is 0 Å². The van der Waals surface area contributed by atoms with Crippen molar-refractivity contribution in [2.75, 3.05) is 11.9 Å². The molecule has 0 spiro atoms. The van der Waals surface area contributed by atoms with Crippen LogP contribution in [0.2, 0.25) is 0 Å². The third kappa shape index (κ3) is 4.24. The van der Waals surface area contributed by atoms with E-state index in [0.717, 1.165) is 26.8 Å². The summed E-state index contributed by atoms with van der Waals surface area (Å²) in [6, 6.07) is 17.8. The lowest BCUT2D eigenvalue weighted by Crippen LogP contribution is -2.32. The maximum Gasteiger partial charge on any atom is 0.319 e. The highest BCUT2D eigenvalue weighted by atomic mass is 79.9. The number of carbonyl (C=O) groups excluding carboxylic acids is 1. The van der Waals surface area contributed by atoms with Gasteiger partial charge in [0.25, 0.3) is 0 Å². The smallest absolute Gasteiger partial charge is 0.319 e. The molecule has 5 nitrogen and oxygen atoms in total.